The van der Waals surface area contributed by atoms with E-state index < -0.39 is 28.7 Å². The fraction of sp³-hybridized carbons (Fsp3) is 0.450. The van der Waals surface area contributed by atoms with Gasteiger partial charge in [-0.05, 0) is 36.8 Å². The van der Waals surface area contributed by atoms with Gasteiger partial charge < -0.3 is 14.2 Å². The summed E-state index contributed by atoms with van der Waals surface area (Å²) in [6.45, 7) is 1.34. The molecule has 0 heterocycles. The lowest BCUT2D eigenvalue weighted by molar-refractivity contribution is -0.169. The number of fused-ring (bicyclic) bond motifs is 1. The number of allylic oxidation sites excluding steroid dienone is 1. The molecule has 2 aliphatic rings. The van der Waals surface area contributed by atoms with E-state index in [1.54, 1.807) is 0 Å². The highest BCUT2D eigenvalue weighted by Gasteiger charge is 2.73. The second kappa shape index (κ2) is 6.59. The van der Waals surface area contributed by atoms with Crippen molar-refractivity contribution in [2.45, 2.75) is 26.2 Å². The molecule has 2 saturated carbocycles. The normalized spacial score (nSPS) is 25.8. The largest absolute Gasteiger partial charge is 0.468 e. The van der Waals surface area contributed by atoms with Gasteiger partial charge in [0.25, 0.3) is 0 Å². The standard InChI is InChI=1S/C20H22O6/c1-13(21)26-16(9-14-7-5-4-6-8-14)19-10-15(19)11-20(12-19,17(22)24-2)18(23)25-3/h4-9,15H,10-12H2,1-3H3/b16-9-/t15-,19-/m1/s1. The van der Waals surface area contributed by atoms with Crippen LogP contribution in [0, 0.1) is 16.7 Å². The van der Waals surface area contributed by atoms with Gasteiger partial charge in [-0.15, -0.1) is 0 Å². The molecule has 2 aliphatic carbocycles. The maximum Gasteiger partial charge on any atom is 0.323 e. The van der Waals surface area contributed by atoms with Crippen molar-refractivity contribution in [3.8, 4) is 0 Å². The van der Waals surface area contributed by atoms with Crippen molar-refractivity contribution in [1.29, 1.82) is 0 Å². The van der Waals surface area contributed by atoms with E-state index in [9.17, 15) is 14.4 Å². The minimum Gasteiger partial charge on any atom is -0.468 e. The molecule has 2 fully saturated rings. The maximum absolute atomic E-state index is 12.4. The van der Waals surface area contributed by atoms with Crippen LogP contribution in [-0.2, 0) is 28.6 Å². The first-order chi connectivity index (χ1) is 12.4. The predicted molar refractivity (Wildman–Crippen MR) is 92.4 cm³/mol. The molecule has 0 N–H and O–H groups in total. The molecule has 1 aromatic carbocycles. The Labute approximate surface area is 152 Å². The van der Waals surface area contributed by atoms with Gasteiger partial charge in [0.05, 0.1) is 14.2 Å². The Morgan fingerprint density at radius 1 is 1.04 bits per heavy atom. The first kappa shape index (κ1) is 18.2. The van der Waals surface area contributed by atoms with Crippen LogP contribution in [0.4, 0.5) is 0 Å². The lowest BCUT2D eigenvalue weighted by atomic mass is 9.80. The Bertz CT molecular complexity index is 750. The number of hydrogen-bond donors (Lipinski definition) is 0. The second-order valence-electron chi connectivity index (χ2n) is 7.02. The van der Waals surface area contributed by atoms with Gasteiger partial charge >= 0.3 is 17.9 Å². The SMILES string of the molecule is COC(=O)C1(C(=O)OC)C[C@H]2C[C@@]2(/C(=C/c2ccccc2)OC(C)=O)C1. The topological polar surface area (TPSA) is 78.9 Å². The summed E-state index contributed by atoms with van der Waals surface area (Å²) in [7, 11) is 2.52. The summed E-state index contributed by atoms with van der Waals surface area (Å²) in [4.78, 5) is 36.5. The summed E-state index contributed by atoms with van der Waals surface area (Å²) in [5.41, 5.74) is -0.982. The fourth-order valence-corrected chi connectivity index (χ4v) is 4.20. The van der Waals surface area contributed by atoms with Crippen LogP contribution >= 0.6 is 0 Å². The average Bonchev–Trinajstić information content (AvgIpc) is 3.22. The predicted octanol–water partition coefficient (Wildman–Crippen LogP) is 2.72. The second-order valence-corrected chi connectivity index (χ2v) is 7.02. The van der Waals surface area contributed by atoms with Gasteiger partial charge in [0.1, 0.15) is 5.76 Å². The van der Waals surface area contributed by atoms with Gasteiger partial charge in [-0.2, -0.15) is 0 Å². The lowest BCUT2D eigenvalue weighted by Gasteiger charge is -2.27. The molecule has 0 aliphatic heterocycles. The zero-order valence-corrected chi connectivity index (χ0v) is 15.1. The number of methoxy groups -OCH3 is 2. The molecule has 0 aromatic heterocycles. The van der Waals surface area contributed by atoms with E-state index in [-0.39, 0.29) is 12.3 Å². The smallest absolute Gasteiger partial charge is 0.323 e. The minimum absolute atomic E-state index is 0.0648. The van der Waals surface area contributed by atoms with E-state index in [4.69, 9.17) is 14.2 Å². The molecular weight excluding hydrogens is 336 g/mol. The van der Waals surface area contributed by atoms with Crippen LogP contribution in [0.2, 0.25) is 0 Å². The van der Waals surface area contributed by atoms with Crippen LogP contribution in [0.25, 0.3) is 6.08 Å². The summed E-state index contributed by atoms with van der Waals surface area (Å²) in [6.07, 6.45) is 3.12. The number of benzene rings is 1. The van der Waals surface area contributed by atoms with Crippen molar-refractivity contribution in [1.82, 2.24) is 0 Å². The fourth-order valence-electron chi connectivity index (χ4n) is 4.20. The Kier molecular flexibility index (Phi) is 4.61. The summed E-state index contributed by atoms with van der Waals surface area (Å²) in [6, 6.07) is 9.49. The van der Waals surface area contributed by atoms with Crippen molar-refractivity contribution in [3.05, 3.63) is 41.7 Å². The van der Waals surface area contributed by atoms with Crippen LogP contribution in [-0.4, -0.2) is 32.1 Å². The van der Waals surface area contributed by atoms with E-state index >= 15 is 0 Å². The highest BCUT2D eigenvalue weighted by atomic mass is 16.5. The third-order valence-electron chi connectivity index (χ3n) is 5.44. The van der Waals surface area contributed by atoms with Crippen LogP contribution in [0.5, 0.6) is 0 Å². The molecule has 1 aromatic rings. The number of carbonyl (C=O) groups excluding carboxylic acids is 3. The van der Waals surface area contributed by atoms with Crippen molar-refractivity contribution < 1.29 is 28.6 Å². The molecule has 26 heavy (non-hydrogen) atoms. The molecule has 2 atom stereocenters. The van der Waals surface area contributed by atoms with Crippen molar-refractivity contribution >= 4 is 24.0 Å². The lowest BCUT2D eigenvalue weighted by Crippen LogP contribution is -2.41. The van der Waals surface area contributed by atoms with Crippen molar-refractivity contribution in [2.75, 3.05) is 14.2 Å². The van der Waals surface area contributed by atoms with E-state index in [2.05, 4.69) is 0 Å². The zero-order valence-electron chi connectivity index (χ0n) is 15.1. The molecule has 6 nitrogen and oxygen atoms in total. The molecule has 0 spiro atoms. The molecule has 6 heteroatoms. The molecule has 0 amide bonds. The van der Waals surface area contributed by atoms with E-state index in [0.29, 0.717) is 12.2 Å². The molecule has 138 valence electrons. The number of ether oxygens (including phenoxy) is 3. The Hall–Kier alpha value is -2.63. The molecular formula is C20H22O6. The van der Waals surface area contributed by atoms with Crippen LogP contribution < -0.4 is 0 Å². The quantitative estimate of drug-likeness (QED) is 0.348. The third-order valence-corrected chi connectivity index (χ3v) is 5.44. The monoisotopic (exact) mass is 358 g/mol. The van der Waals surface area contributed by atoms with Gasteiger partial charge in [-0.3, -0.25) is 14.4 Å². The summed E-state index contributed by atoms with van der Waals surface area (Å²) >= 11 is 0. The molecule has 0 unspecified atom stereocenters. The van der Waals surface area contributed by atoms with Gasteiger partial charge in [0, 0.05) is 12.3 Å². The summed E-state index contributed by atoms with van der Waals surface area (Å²) in [5, 5.41) is 0. The van der Waals surface area contributed by atoms with Crippen molar-refractivity contribution in [2.24, 2.45) is 16.7 Å². The third kappa shape index (κ3) is 2.89. The van der Waals surface area contributed by atoms with E-state index in [1.165, 1.54) is 21.1 Å². The maximum atomic E-state index is 12.4. The van der Waals surface area contributed by atoms with Crippen LogP contribution in [0.15, 0.2) is 36.1 Å². The summed E-state index contributed by atoms with van der Waals surface area (Å²) < 4.78 is 15.3. The molecule has 0 saturated heterocycles. The van der Waals surface area contributed by atoms with Gasteiger partial charge in [0.15, 0.2) is 5.41 Å². The van der Waals surface area contributed by atoms with Crippen molar-refractivity contribution in [3.63, 3.8) is 0 Å². The number of esters is 3. The van der Waals surface area contributed by atoms with Gasteiger partial charge in [-0.1, -0.05) is 30.3 Å². The first-order valence-corrected chi connectivity index (χ1v) is 8.50. The highest BCUT2D eigenvalue weighted by molar-refractivity contribution is 6.01. The summed E-state index contributed by atoms with van der Waals surface area (Å²) in [5.74, 6) is -1.07. The zero-order chi connectivity index (χ0) is 18.9. The van der Waals surface area contributed by atoms with Gasteiger partial charge in [0.2, 0.25) is 0 Å². The molecule has 3 rings (SSSR count). The van der Waals surface area contributed by atoms with E-state index in [1.807, 2.05) is 36.4 Å². The Balaban J connectivity index is 1.98. The molecule has 0 radical (unpaired) electrons. The first-order valence-electron chi connectivity index (χ1n) is 8.50. The average molecular weight is 358 g/mol. The van der Waals surface area contributed by atoms with E-state index in [0.717, 1.165) is 12.0 Å². The van der Waals surface area contributed by atoms with Crippen LogP contribution in [0.1, 0.15) is 31.7 Å². The number of carbonyl (C=O) groups is 3. The number of hydrogen-bond acceptors (Lipinski definition) is 6. The highest BCUT2D eigenvalue weighted by Crippen LogP contribution is 2.73. The Morgan fingerprint density at radius 2 is 1.65 bits per heavy atom. The van der Waals surface area contributed by atoms with Gasteiger partial charge in [-0.25, -0.2) is 0 Å². The molecule has 0 bridgehead atoms. The Morgan fingerprint density at radius 3 is 2.19 bits per heavy atom. The minimum atomic E-state index is -1.34. The number of rotatable bonds is 5. The van der Waals surface area contributed by atoms with Crippen LogP contribution in [0.3, 0.4) is 0 Å².